The average molecular weight is 924 g/mol. The molecule has 0 saturated carbocycles. The first kappa shape index (κ1) is 55.8. The first-order chi connectivity index (χ1) is 30.5. The zero-order valence-electron chi connectivity index (χ0n) is 38.8. The molecule has 0 atom stereocenters. The summed E-state index contributed by atoms with van der Waals surface area (Å²) in [6.45, 7) is 20.8. The van der Waals surface area contributed by atoms with E-state index in [9.17, 15) is 0 Å². The Balaban J connectivity index is 0.000000398. The standard InChI is InChI=1S/C15H16.2C13H11O.2C8H10.2CH2O.Y/c1-12-3-7-14(8-4-12)11-15-9-5-13(2)6-10-15;2*1-11-7-9-13(10-8-11)14-12-5-3-2-4-6-12;1-7-3-5-8(2)6-4-7;1-7-4-3-5-8(2)6-7;2*1-2;/h3-10H,11H2,1-2H3;2*3-10H,1H3;2*3-6H,1-2H3;2*1H2;/q;2*-1;;;;;. The van der Waals surface area contributed by atoms with Crippen LogP contribution in [0.5, 0.6) is 23.0 Å². The monoisotopic (exact) mass is 923 g/mol. The van der Waals surface area contributed by atoms with E-state index in [0.29, 0.717) is 0 Å². The third-order valence-corrected chi connectivity index (χ3v) is 8.93. The molecular weight excluding hydrogens is 862 g/mol. The maximum absolute atomic E-state index is 8.00. The minimum absolute atomic E-state index is 0. The summed E-state index contributed by atoms with van der Waals surface area (Å²) in [7, 11) is 0. The summed E-state index contributed by atoms with van der Waals surface area (Å²) in [6, 6.07) is 71.2. The first-order valence-electron chi connectivity index (χ1n) is 20.7. The van der Waals surface area contributed by atoms with E-state index in [4.69, 9.17) is 19.1 Å². The van der Waals surface area contributed by atoms with Gasteiger partial charge in [0.05, 0.1) is 0 Å². The number of hydrogen-bond donors (Lipinski definition) is 0. The molecular formula is C59H62O4Y-2. The molecule has 0 N–H and O–H groups in total. The van der Waals surface area contributed by atoms with Crippen molar-refractivity contribution in [3.8, 4) is 23.0 Å². The number of rotatable bonds is 6. The second kappa shape index (κ2) is 33.4. The van der Waals surface area contributed by atoms with Gasteiger partial charge in [0.1, 0.15) is 25.1 Å². The van der Waals surface area contributed by atoms with Crippen LogP contribution in [0, 0.1) is 67.5 Å². The second-order valence-electron chi connectivity index (χ2n) is 14.8. The number of carbonyl (C=O) groups is 2. The third-order valence-electron chi connectivity index (χ3n) is 8.93. The summed E-state index contributed by atoms with van der Waals surface area (Å²) in [5.41, 5.74) is 13.2. The Hall–Kier alpha value is -6.20. The summed E-state index contributed by atoms with van der Waals surface area (Å²) in [4.78, 5) is 16.0. The van der Waals surface area contributed by atoms with Crippen LogP contribution in [0.4, 0.5) is 0 Å². The fourth-order valence-electron chi connectivity index (χ4n) is 5.46. The maximum Gasteiger partial charge on any atom is 0.124 e. The minimum atomic E-state index is 0. The zero-order valence-corrected chi connectivity index (χ0v) is 41.6. The van der Waals surface area contributed by atoms with E-state index in [2.05, 4.69) is 165 Å². The van der Waals surface area contributed by atoms with Gasteiger partial charge in [-0.25, -0.2) is 0 Å². The van der Waals surface area contributed by atoms with Crippen LogP contribution in [0.25, 0.3) is 0 Å². The molecule has 0 spiro atoms. The molecule has 64 heavy (non-hydrogen) atoms. The number of ether oxygens (including phenoxy) is 2. The molecule has 0 aliphatic carbocycles. The zero-order chi connectivity index (χ0) is 46.2. The number of benzene rings is 8. The van der Waals surface area contributed by atoms with Crippen molar-refractivity contribution in [3.05, 3.63) is 262 Å². The fraction of sp³-hybridized carbons (Fsp3) is 0.153. The van der Waals surface area contributed by atoms with Gasteiger partial charge in [-0.05, 0) is 97.2 Å². The molecule has 8 aromatic rings. The minimum Gasteiger partial charge on any atom is -0.483 e. The first-order valence-corrected chi connectivity index (χ1v) is 20.7. The van der Waals surface area contributed by atoms with E-state index in [1.54, 1.807) is 0 Å². The van der Waals surface area contributed by atoms with Crippen molar-refractivity contribution in [2.75, 3.05) is 0 Å². The molecule has 0 saturated heterocycles. The van der Waals surface area contributed by atoms with Gasteiger partial charge in [0, 0.05) is 44.2 Å². The Bertz CT molecular complexity index is 2190. The number of aryl methyl sites for hydroxylation is 8. The predicted octanol–water partition coefficient (Wildman–Crippen LogP) is 15.3. The van der Waals surface area contributed by atoms with E-state index in [-0.39, 0.29) is 32.7 Å². The average Bonchev–Trinajstić information content (AvgIpc) is 3.31. The molecule has 0 heterocycles. The van der Waals surface area contributed by atoms with Gasteiger partial charge in [-0.15, -0.1) is 24.3 Å². The smallest absolute Gasteiger partial charge is 0.124 e. The van der Waals surface area contributed by atoms with Crippen molar-refractivity contribution >= 4 is 13.6 Å². The van der Waals surface area contributed by atoms with Crippen LogP contribution in [0.1, 0.15) is 55.6 Å². The van der Waals surface area contributed by atoms with Gasteiger partial charge in [-0.3, -0.25) is 0 Å². The predicted molar refractivity (Wildman–Crippen MR) is 264 cm³/mol. The van der Waals surface area contributed by atoms with E-state index in [1.165, 1.54) is 55.6 Å². The maximum atomic E-state index is 8.00. The number of carbonyl (C=O) groups excluding carboxylic acids is 2. The molecule has 0 aromatic heterocycles. The van der Waals surface area contributed by atoms with Crippen molar-refractivity contribution in [1.82, 2.24) is 0 Å². The van der Waals surface area contributed by atoms with Crippen molar-refractivity contribution < 1.29 is 51.8 Å². The molecule has 0 aliphatic rings. The SMILES string of the molecule is C=O.C=O.Cc1ccc(C)cc1.Cc1ccc(Cc2ccc(C)cc2)cc1.Cc1ccc(Oc2cc[c-]cc2)cc1.Cc1ccc(Oc2cc[c-]cc2)cc1.Cc1cccc(C)c1.[Y]. The summed E-state index contributed by atoms with van der Waals surface area (Å²) < 4.78 is 11.2. The van der Waals surface area contributed by atoms with Crippen LogP contribution in [0.15, 0.2) is 194 Å². The summed E-state index contributed by atoms with van der Waals surface area (Å²) in [5.74, 6) is 3.41. The van der Waals surface area contributed by atoms with E-state index >= 15 is 0 Å². The normalized spacial score (nSPS) is 9.12. The van der Waals surface area contributed by atoms with Gasteiger partial charge < -0.3 is 19.1 Å². The van der Waals surface area contributed by atoms with Gasteiger partial charge >= 0.3 is 0 Å². The molecule has 327 valence electrons. The topological polar surface area (TPSA) is 52.6 Å². The Labute approximate surface area is 409 Å². The quantitative estimate of drug-likeness (QED) is 0.156. The Morgan fingerprint density at radius 3 is 0.812 bits per heavy atom. The molecule has 1 radical (unpaired) electrons. The van der Waals surface area contributed by atoms with Crippen LogP contribution < -0.4 is 9.47 Å². The van der Waals surface area contributed by atoms with Crippen LogP contribution >= 0.6 is 0 Å². The summed E-state index contributed by atoms with van der Waals surface area (Å²) in [5, 5.41) is 0. The third kappa shape index (κ3) is 25.0. The van der Waals surface area contributed by atoms with Crippen molar-refractivity contribution in [2.45, 2.75) is 61.8 Å². The van der Waals surface area contributed by atoms with Gasteiger partial charge in [-0.1, -0.05) is 166 Å². The van der Waals surface area contributed by atoms with Crippen LogP contribution in [0.3, 0.4) is 0 Å². The Kier molecular flexibility index (Phi) is 29.1. The molecule has 8 aromatic carbocycles. The molecule has 0 bridgehead atoms. The van der Waals surface area contributed by atoms with E-state index < -0.39 is 0 Å². The Morgan fingerprint density at radius 1 is 0.328 bits per heavy atom. The van der Waals surface area contributed by atoms with Crippen LogP contribution in [-0.2, 0) is 48.7 Å². The summed E-state index contributed by atoms with van der Waals surface area (Å²) in [6.07, 6.45) is 1.03. The van der Waals surface area contributed by atoms with Gasteiger partial charge in [-0.2, -0.15) is 36.4 Å². The van der Waals surface area contributed by atoms with E-state index in [0.717, 1.165) is 29.4 Å². The summed E-state index contributed by atoms with van der Waals surface area (Å²) >= 11 is 0. The Morgan fingerprint density at radius 2 is 0.562 bits per heavy atom. The van der Waals surface area contributed by atoms with Crippen molar-refractivity contribution in [3.63, 3.8) is 0 Å². The largest absolute Gasteiger partial charge is 0.483 e. The van der Waals surface area contributed by atoms with Gasteiger partial charge in [0.15, 0.2) is 0 Å². The van der Waals surface area contributed by atoms with Crippen molar-refractivity contribution in [1.29, 1.82) is 0 Å². The molecule has 0 amide bonds. The second-order valence-corrected chi connectivity index (χ2v) is 14.8. The molecule has 4 nitrogen and oxygen atoms in total. The van der Waals surface area contributed by atoms with Crippen molar-refractivity contribution in [2.24, 2.45) is 0 Å². The number of hydrogen-bond acceptors (Lipinski definition) is 4. The molecule has 0 aliphatic heterocycles. The van der Waals surface area contributed by atoms with Gasteiger partial charge in [0.2, 0.25) is 0 Å². The fourth-order valence-corrected chi connectivity index (χ4v) is 5.46. The van der Waals surface area contributed by atoms with Crippen LogP contribution in [0.2, 0.25) is 0 Å². The molecule has 0 unspecified atom stereocenters. The van der Waals surface area contributed by atoms with Crippen LogP contribution in [-0.4, -0.2) is 13.6 Å². The van der Waals surface area contributed by atoms with Gasteiger partial charge in [0.25, 0.3) is 0 Å². The molecule has 8 rings (SSSR count). The molecule has 0 fully saturated rings. The molecule has 5 heteroatoms. The van der Waals surface area contributed by atoms with E-state index in [1.807, 2.05) is 111 Å².